The minimum absolute atomic E-state index is 0. The first-order valence-electron chi connectivity index (χ1n) is 2.73. The Labute approximate surface area is 78.3 Å². The van der Waals surface area contributed by atoms with Gasteiger partial charge in [-0.2, -0.15) is 0 Å². The van der Waals surface area contributed by atoms with Crippen LogP contribution in [0, 0.1) is 12.8 Å². The van der Waals surface area contributed by atoms with Crippen LogP contribution >= 0.6 is 0 Å². The average molecular weight is 192 g/mol. The molecule has 0 aromatic rings. The lowest BCUT2D eigenvalue weighted by Gasteiger charge is -1.90. The highest BCUT2D eigenvalue weighted by Crippen LogP contribution is 1.80. The van der Waals surface area contributed by atoms with Crippen LogP contribution in [0.3, 0.4) is 0 Å². The number of methoxy groups -OCH3 is 1. The second-order valence-corrected chi connectivity index (χ2v) is 1.15. The van der Waals surface area contributed by atoms with E-state index in [0.29, 0.717) is 0 Å². The van der Waals surface area contributed by atoms with Crippen LogP contribution in [0.25, 0.3) is 0 Å². The molecule has 0 unspecified atom stereocenters. The number of esters is 1. The van der Waals surface area contributed by atoms with E-state index in [2.05, 4.69) is 17.6 Å². The predicted molar refractivity (Wildman–Crippen MR) is 49.0 cm³/mol. The van der Waals surface area contributed by atoms with E-state index in [-0.39, 0.29) is 7.43 Å². The molecule has 0 aliphatic rings. The highest BCUT2D eigenvalue weighted by Gasteiger charge is 2.04. The zero-order chi connectivity index (χ0) is 10.6. The van der Waals surface area contributed by atoms with Gasteiger partial charge in [-0.15, -0.1) is 12.8 Å². The van der Waals surface area contributed by atoms with Crippen molar-refractivity contribution in [2.45, 2.75) is 13.8 Å². The van der Waals surface area contributed by atoms with Crippen molar-refractivity contribution >= 4 is 11.9 Å². The Balaban J connectivity index is -0.0000000712. The zero-order valence-corrected chi connectivity index (χ0v) is 6.98. The van der Waals surface area contributed by atoms with Gasteiger partial charge in [0.1, 0.15) is 6.42 Å². The molecule has 0 saturated carbocycles. The first kappa shape index (κ1) is 22.5. The van der Waals surface area contributed by atoms with Gasteiger partial charge in [-0.05, 0) is 0 Å². The van der Waals surface area contributed by atoms with Crippen molar-refractivity contribution in [3.63, 3.8) is 0 Å². The molecule has 0 atom stereocenters. The molecule has 0 aromatic carbocycles. The average Bonchev–Trinajstić information content (AvgIpc) is 2.10. The lowest BCUT2D eigenvalue weighted by molar-refractivity contribution is -0.149. The molecule has 5 heteroatoms. The molecule has 0 rings (SSSR count). The summed E-state index contributed by atoms with van der Waals surface area (Å²) in [5, 5.41) is 14.9. The number of carbonyl (C=O) groups is 2. The van der Waals surface area contributed by atoms with E-state index in [1.165, 1.54) is 0 Å². The second kappa shape index (κ2) is 22.4. The van der Waals surface area contributed by atoms with Gasteiger partial charge in [0.05, 0.1) is 7.11 Å². The number of hydrogen-bond donors (Lipinski definition) is 2. The molecule has 0 fully saturated rings. The number of carbonyl (C=O) groups excluding carboxylic acids is 1. The number of terminal acetylenes is 1. The topological polar surface area (TPSA) is 83.8 Å². The second-order valence-electron chi connectivity index (χ2n) is 1.15. The maximum Gasteiger partial charge on any atom is 0.316 e. The lowest BCUT2D eigenvalue weighted by Crippen LogP contribution is -2.07. The molecular formula is C8H16O5. The van der Waals surface area contributed by atoms with Crippen LogP contribution in [0.2, 0.25) is 0 Å². The summed E-state index contributed by atoms with van der Waals surface area (Å²) in [7, 11) is 2.14. The van der Waals surface area contributed by atoms with E-state index in [4.69, 9.17) is 10.2 Å². The van der Waals surface area contributed by atoms with Crippen molar-refractivity contribution in [3.05, 3.63) is 0 Å². The molecule has 0 spiro atoms. The summed E-state index contributed by atoms with van der Waals surface area (Å²) >= 11 is 0. The molecule has 0 aliphatic carbocycles. The Hall–Kier alpha value is -1.54. The van der Waals surface area contributed by atoms with E-state index in [1.54, 1.807) is 0 Å². The molecule has 0 radical (unpaired) electrons. The minimum Gasteiger partial charge on any atom is -0.481 e. The number of carboxylic acid groups (broad SMARTS) is 1. The zero-order valence-electron chi connectivity index (χ0n) is 6.98. The van der Waals surface area contributed by atoms with E-state index in [9.17, 15) is 9.59 Å². The number of aliphatic carboxylic acids is 1. The Morgan fingerprint density at radius 1 is 1.31 bits per heavy atom. The summed E-state index contributed by atoms with van der Waals surface area (Å²) in [6, 6.07) is 0. The Kier molecular flexibility index (Phi) is 38.9. The van der Waals surface area contributed by atoms with Crippen LogP contribution in [0.15, 0.2) is 0 Å². The lowest BCUT2D eigenvalue weighted by atomic mass is 10.4. The van der Waals surface area contributed by atoms with E-state index in [1.807, 2.05) is 0 Å². The van der Waals surface area contributed by atoms with Gasteiger partial charge in [-0.1, -0.05) is 7.43 Å². The van der Waals surface area contributed by atoms with Gasteiger partial charge >= 0.3 is 11.9 Å². The summed E-state index contributed by atoms with van der Waals surface area (Å²) in [6.45, 7) is 0. The largest absolute Gasteiger partial charge is 0.481 e. The molecule has 0 amide bonds. The molecule has 0 aliphatic heterocycles. The summed E-state index contributed by atoms with van der Waals surface area (Å²) in [6.07, 6.45) is 7.44. The van der Waals surface area contributed by atoms with Crippen molar-refractivity contribution in [1.29, 1.82) is 0 Å². The Morgan fingerprint density at radius 3 is 1.69 bits per heavy atom. The third kappa shape index (κ3) is 37.6. The predicted octanol–water partition coefficient (Wildman–Crippen LogP) is 0.128. The fraction of sp³-hybridized carbons (Fsp3) is 0.500. The number of rotatable bonds is 2. The summed E-state index contributed by atoms with van der Waals surface area (Å²) in [5.41, 5.74) is 0. The molecule has 13 heavy (non-hydrogen) atoms. The molecular weight excluding hydrogens is 176 g/mol. The highest BCUT2D eigenvalue weighted by atomic mass is 16.5. The third-order valence-corrected chi connectivity index (χ3v) is 0.523. The van der Waals surface area contributed by atoms with Crippen molar-refractivity contribution < 1.29 is 24.5 Å². The van der Waals surface area contributed by atoms with Gasteiger partial charge in [0, 0.05) is 7.11 Å². The monoisotopic (exact) mass is 192 g/mol. The van der Waals surface area contributed by atoms with E-state index < -0.39 is 18.4 Å². The summed E-state index contributed by atoms with van der Waals surface area (Å²) in [5.74, 6) is -1.89. The number of aliphatic hydroxyl groups is 1. The van der Waals surface area contributed by atoms with Crippen LogP contribution in [-0.4, -0.2) is 36.4 Å². The normalized spacial score (nSPS) is 5.62. The fourth-order valence-corrected chi connectivity index (χ4v) is 0.196. The van der Waals surface area contributed by atoms with Crippen molar-refractivity contribution in [3.8, 4) is 12.8 Å². The van der Waals surface area contributed by atoms with Crippen molar-refractivity contribution in [2.75, 3.05) is 14.2 Å². The van der Waals surface area contributed by atoms with Gasteiger partial charge in [0.2, 0.25) is 0 Å². The van der Waals surface area contributed by atoms with Crippen LogP contribution < -0.4 is 0 Å². The number of aliphatic hydroxyl groups excluding tert-OH is 1. The number of hydrogen-bond acceptors (Lipinski definition) is 4. The van der Waals surface area contributed by atoms with Crippen LogP contribution in [-0.2, 0) is 14.3 Å². The summed E-state index contributed by atoms with van der Waals surface area (Å²) in [4.78, 5) is 19.7. The maximum absolute atomic E-state index is 10.0. The van der Waals surface area contributed by atoms with Crippen LogP contribution in [0.1, 0.15) is 13.8 Å². The van der Waals surface area contributed by atoms with Gasteiger partial charge in [0.25, 0.3) is 0 Å². The maximum atomic E-state index is 10.0. The standard InChI is InChI=1S/C4H6O4.C2H2.CH4O.CH4/c1-8-4(7)2-3(5)6;2*1-2;/h2H2,1H3,(H,5,6);1-2H;2H,1H3;1H4. The minimum atomic E-state index is -1.17. The molecule has 5 nitrogen and oxygen atoms in total. The first-order valence-corrected chi connectivity index (χ1v) is 2.73. The smallest absolute Gasteiger partial charge is 0.316 e. The van der Waals surface area contributed by atoms with Gasteiger partial charge in [-0.3, -0.25) is 9.59 Å². The Bertz CT molecular complexity index is 139. The third-order valence-electron chi connectivity index (χ3n) is 0.523. The first-order chi connectivity index (χ1) is 5.66. The van der Waals surface area contributed by atoms with Gasteiger partial charge in [0.15, 0.2) is 0 Å². The fourth-order valence-electron chi connectivity index (χ4n) is 0.196. The van der Waals surface area contributed by atoms with Crippen LogP contribution in [0.5, 0.6) is 0 Å². The van der Waals surface area contributed by atoms with Crippen molar-refractivity contribution in [1.82, 2.24) is 0 Å². The number of ether oxygens (including phenoxy) is 1. The summed E-state index contributed by atoms with van der Waals surface area (Å²) < 4.78 is 4.04. The molecule has 0 heterocycles. The quantitative estimate of drug-likeness (QED) is 0.369. The molecule has 2 N–H and O–H groups in total. The molecule has 0 aromatic heterocycles. The van der Waals surface area contributed by atoms with Gasteiger partial charge in [-0.25, -0.2) is 0 Å². The molecule has 0 bridgehead atoms. The van der Waals surface area contributed by atoms with Crippen LogP contribution in [0.4, 0.5) is 0 Å². The molecule has 78 valence electrons. The number of carboxylic acids is 1. The van der Waals surface area contributed by atoms with Crippen molar-refractivity contribution in [2.24, 2.45) is 0 Å². The van der Waals surface area contributed by atoms with Gasteiger partial charge < -0.3 is 14.9 Å². The molecule has 0 saturated heterocycles. The van der Waals surface area contributed by atoms with E-state index >= 15 is 0 Å². The Morgan fingerprint density at radius 2 is 1.62 bits per heavy atom. The highest BCUT2D eigenvalue weighted by molar-refractivity contribution is 5.89. The SMILES string of the molecule is C.C#C.CO.COC(=O)CC(=O)O. The van der Waals surface area contributed by atoms with E-state index in [0.717, 1.165) is 14.2 Å².